The van der Waals surface area contributed by atoms with E-state index in [-0.39, 0.29) is 42.5 Å². The number of fused-ring (bicyclic) bond motifs is 1. The molecule has 1 aliphatic carbocycles. The highest BCUT2D eigenvalue weighted by atomic mass is 19.4. The Balaban J connectivity index is 1.34. The van der Waals surface area contributed by atoms with Gasteiger partial charge in [-0.25, -0.2) is 9.18 Å². The molecular formula is C25H24F4O5. The van der Waals surface area contributed by atoms with Crippen molar-refractivity contribution in [2.75, 3.05) is 6.61 Å². The Morgan fingerprint density at radius 3 is 2.62 bits per heavy atom. The molecule has 182 valence electrons. The van der Waals surface area contributed by atoms with Crippen molar-refractivity contribution in [3.05, 3.63) is 65.7 Å². The van der Waals surface area contributed by atoms with Gasteiger partial charge in [-0.2, -0.15) is 13.2 Å². The summed E-state index contributed by atoms with van der Waals surface area (Å²) >= 11 is 0. The van der Waals surface area contributed by atoms with Crippen LogP contribution in [-0.4, -0.2) is 36.9 Å². The molecule has 1 saturated carbocycles. The number of hydrogen-bond donors (Lipinski definition) is 0. The normalized spacial score (nSPS) is 24.9. The molecule has 0 bridgehead atoms. The molecule has 0 aromatic heterocycles. The third-order valence-electron chi connectivity index (χ3n) is 6.33. The van der Waals surface area contributed by atoms with Crippen LogP contribution in [0.4, 0.5) is 17.6 Å². The number of carbonyl (C=O) groups is 2. The molecule has 2 fully saturated rings. The number of rotatable bonds is 8. The van der Waals surface area contributed by atoms with Gasteiger partial charge in [-0.05, 0) is 43.2 Å². The Morgan fingerprint density at radius 1 is 1.12 bits per heavy atom. The van der Waals surface area contributed by atoms with Crippen LogP contribution in [0.2, 0.25) is 0 Å². The molecule has 2 aromatic rings. The minimum atomic E-state index is -4.51. The first-order chi connectivity index (χ1) is 16.2. The molecule has 4 rings (SSSR count). The number of carbonyl (C=O) groups excluding carboxylic acids is 2. The van der Waals surface area contributed by atoms with Crippen LogP contribution in [-0.2, 0) is 20.4 Å². The average molecular weight is 480 g/mol. The zero-order valence-corrected chi connectivity index (χ0v) is 18.2. The second-order valence-electron chi connectivity index (χ2n) is 8.62. The van der Waals surface area contributed by atoms with E-state index in [4.69, 9.17) is 14.2 Å². The first-order valence-electron chi connectivity index (χ1n) is 11.1. The van der Waals surface area contributed by atoms with E-state index in [0.717, 1.165) is 12.1 Å². The zero-order chi connectivity index (χ0) is 24.3. The van der Waals surface area contributed by atoms with Crippen molar-refractivity contribution < 1.29 is 41.4 Å². The van der Waals surface area contributed by atoms with Gasteiger partial charge in [-0.3, -0.25) is 4.79 Å². The van der Waals surface area contributed by atoms with Crippen molar-refractivity contribution in [3.63, 3.8) is 0 Å². The van der Waals surface area contributed by atoms with Gasteiger partial charge in [0.2, 0.25) is 0 Å². The molecule has 0 spiro atoms. The Labute approximate surface area is 194 Å². The highest BCUT2D eigenvalue weighted by Gasteiger charge is 2.51. The van der Waals surface area contributed by atoms with Gasteiger partial charge < -0.3 is 14.2 Å². The fourth-order valence-electron chi connectivity index (χ4n) is 4.68. The number of halogens is 4. The van der Waals surface area contributed by atoms with Crippen LogP contribution in [0.5, 0.6) is 5.75 Å². The molecule has 0 amide bonds. The van der Waals surface area contributed by atoms with E-state index in [9.17, 15) is 27.2 Å². The molecule has 0 unspecified atom stereocenters. The highest BCUT2D eigenvalue weighted by Crippen LogP contribution is 2.45. The number of hydrogen-bond acceptors (Lipinski definition) is 5. The summed E-state index contributed by atoms with van der Waals surface area (Å²) in [6, 6.07) is 12.8. The minimum absolute atomic E-state index is 0.0421. The SMILES string of the molecule is O=C1C[C@@H]2[C@@H](CC[C@@H](F)COc3cccc(C(F)(F)F)c3)[C@H](OC(=O)c3ccccc3)C[C@@H]2O1. The third-order valence-corrected chi connectivity index (χ3v) is 6.33. The molecular weight excluding hydrogens is 456 g/mol. The lowest BCUT2D eigenvalue weighted by atomic mass is 9.87. The highest BCUT2D eigenvalue weighted by molar-refractivity contribution is 5.89. The lowest BCUT2D eigenvalue weighted by Crippen LogP contribution is -2.27. The second kappa shape index (κ2) is 10.0. The second-order valence-corrected chi connectivity index (χ2v) is 8.62. The smallest absolute Gasteiger partial charge is 0.416 e. The quantitative estimate of drug-likeness (QED) is 0.375. The third kappa shape index (κ3) is 5.69. The van der Waals surface area contributed by atoms with Crippen molar-refractivity contribution in [2.45, 2.75) is 50.2 Å². The summed E-state index contributed by atoms with van der Waals surface area (Å²) in [5, 5.41) is 0. The maximum absolute atomic E-state index is 14.6. The van der Waals surface area contributed by atoms with Crippen molar-refractivity contribution in [1.82, 2.24) is 0 Å². The maximum atomic E-state index is 14.6. The van der Waals surface area contributed by atoms with Crippen LogP contribution in [0.3, 0.4) is 0 Å². The van der Waals surface area contributed by atoms with Gasteiger partial charge >= 0.3 is 18.1 Å². The number of ether oxygens (including phenoxy) is 3. The summed E-state index contributed by atoms with van der Waals surface area (Å²) in [6.07, 6.45) is -5.95. The van der Waals surface area contributed by atoms with Crippen LogP contribution < -0.4 is 4.74 Å². The fraction of sp³-hybridized carbons (Fsp3) is 0.440. The van der Waals surface area contributed by atoms with E-state index in [1.165, 1.54) is 12.1 Å². The van der Waals surface area contributed by atoms with Crippen LogP contribution in [0.25, 0.3) is 0 Å². The summed E-state index contributed by atoms with van der Waals surface area (Å²) in [5.41, 5.74) is -0.473. The summed E-state index contributed by atoms with van der Waals surface area (Å²) in [4.78, 5) is 24.3. The van der Waals surface area contributed by atoms with E-state index >= 15 is 0 Å². The van der Waals surface area contributed by atoms with Gasteiger partial charge in [0.1, 0.15) is 30.7 Å². The average Bonchev–Trinajstić information content (AvgIpc) is 3.31. The van der Waals surface area contributed by atoms with Crippen LogP contribution in [0.1, 0.15) is 41.6 Å². The number of alkyl halides is 4. The van der Waals surface area contributed by atoms with E-state index < -0.39 is 36.6 Å². The Kier molecular flexibility index (Phi) is 7.09. The first-order valence-corrected chi connectivity index (χ1v) is 11.1. The van der Waals surface area contributed by atoms with Gasteiger partial charge in [0.25, 0.3) is 0 Å². The van der Waals surface area contributed by atoms with Crippen LogP contribution in [0.15, 0.2) is 54.6 Å². The molecule has 1 saturated heterocycles. The Morgan fingerprint density at radius 2 is 1.88 bits per heavy atom. The predicted molar refractivity (Wildman–Crippen MR) is 113 cm³/mol. The largest absolute Gasteiger partial charge is 0.491 e. The van der Waals surface area contributed by atoms with Gasteiger partial charge in [0.05, 0.1) is 17.5 Å². The molecule has 2 aliphatic rings. The van der Waals surface area contributed by atoms with Crippen molar-refractivity contribution in [3.8, 4) is 5.75 Å². The van der Waals surface area contributed by atoms with E-state index in [1.807, 2.05) is 0 Å². The fourth-order valence-corrected chi connectivity index (χ4v) is 4.68. The molecule has 34 heavy (non-hydrogen) atoms. The van der Waals surface area contributed by atoms with Gasteiger partial charge in [0, 0.05) is 18.3 Å². The molecule has 5 nitrogen and oxygen atoms in total. The van der Waals surface area contributed by atoms with Gasteiger partial charge in [0.15, 0.2) is 0 Å². The summed E-state index contributed by atoms with van der Waals surface area (Å²) < 4.78 is 69.4. The number of benzene rings is 2. The molecule has 0 N–H and O–H groups in total. The lowest BCUT2D eigenvalue weighted by Gasteiger charge is -2.24. The first kappa shape index (κ1) is 24.0. The van der Waals surface area contributed by atoms with E-state index in [0.29, 0.717) is 18.4 Å². The standard InChI is InChI=1S/C25H24F4O5/c26-17(14-32-18-8-4-7-16(11-18)25(27,28)29)9-10-19-20-12-23(30)33-22(20)13-21(19)34-24(31)15-5-2-1-3-6-15/h1-8,11,17,19-22H,9-10,12-14H2/t17-,19-,20-,21-,22+/m1/s1. The topological polar surface area (TPSA) is 61.8 Å². The molecule has 0 radical (unpaired) electrons. The molecule has 9 heteroatoms. The maximum Gasteiger partial charge on any atom is 0.416 e. The van der Waals surface area contributed by atoms with Crippen molar-refractivity contribution in [1.29, 1.82) is 0 Å². The zero-order valence-electron chi connectivity index (χ0n) is 18.2. The molecule has 5 atom stereocenters. The Hall–Kier alpha value is -3.10. The predicted octanol–water partition coefficient (Wildman–Crippen LogP) is 5.38. The summed E-state index contributed by atoms with van der Waals surface area (Å²) in [6.45, 7) is -0.411. The van der Waals surface area contributed by atoms with E-state index in [1.54, 1.807) is 30.3 Å². The molecule has 2 aromatic carbocycles. The monoisotopic (exact) mass is 480 g/mol. The van der Waals surface area contributed by atoms with Gasteiger partial charge in [-0.1, -0.05) is 24.3 Å². The minimum Gasteiger partial charge on any atom is -0.491 e. The number of esters is 2. The van der Waals surface area contributed by atoms with Crippen molar-refractivity contribution in [2.24, 2.45) is 11.8 Å². The van der Waals surface area contributed by atoms with Gasteiger partial charge in [-0.15, -0.1) is 0 Å². The summed E-state index contributed by atoms with van der Waals surface area (Å²) in [5.74, 6) is -1.32. The van der Waals surface area contributed by atoms with E-state index in [2.05, 4.69) is 0 Å². The Bertz CT molecular complexity index is 1010. The summed E-state index contributed by atoms with van der Waals surface area (Å²) in [7, 11) is 0. The van der Waals surface area contributed by atoms with Crippen LogP contribution >= 0.6 is 0 Å². The molecule has 1 heterocycles. The van der Waals surface area contributed by atoms with Crippen LogP contribution in [0, 0.1) is 11.8 Å². The van der Waals surface area contributed by atoms with Crippen molar-refractivity contribution >= 4 is 11.9 Å². The molecule has 1 aliphatic heterocycles. The lowest BCUT2D eigenvalue weighted by molar-refractivity contribution is -0.142.